The molecule has 10 heavy (non-hydrogen) atoms. The van der Waals surface area contributed by atoms with E-state index < -0.39 is 6.04 Å². The van der Waals surface area contributed by atoms with E-state index in [0.717, 1.165) is 0 Å². The molecule has 0 bridgehead atoms. The minimum Gasteiger partial charge on any atom is -0.512 e. The Balaban J connectivity index is 2.76. The average Bonchev–Trinajstić information content (AvgIpc) is 1.85. The van der Waals surface area contributed by atoms with E-state index in [1.165, 1.54) is 12.2 Å². The van der Waals surface area contributed by atoms with E-state index >= 15 is 0 Å². The van der Waals surface area contributed by atoms with E-state index in [0.29, 0.717) is 5.70 Å². The van der Waals surface area contributed by atoms with E-state index in [4.69, 9.17) is 10.8 Å². The average molecular weight is 140 g/mol. The van der Waals surface area contributed by atoms with Crippen LogP contribution in [0.5, 0.6) is 0 Å². The van der Waals surface area contributed by atoms with Gasteiger partial charge in [0.25, 0.3) is 0 Å². The smallest absolute Gasteiger partial charge is 0.119 e. The lowest BCUT2D eigenvalue weighted by Gasteiger charge is -2.09. The first-order valence-electron chi connectivity index (χ1n) is 2.91. The molecule has 0 heterocycles. The van der Waals surface area contributed by atoms with Gasteiger partial charge in [-0.05, 0) is 12.2 Å². The second-order valence-electron chi connectivity index (χ2n) is 2.18. The largest absolute Gasteiger partial charge is 0.512 e. The topological polar surface area (TPSA) is 75.7 Å². The van der Waals surface area contributed by atoms with Crippen molar-refractivity contribution in [2.45, 2.75) is 12.5 Å². The molecular weight excluding hydrogens is 132 g/mol. The van der Waals surface area contributed by atoms with Crippen LogP contribution in [0.1, 0.15) is 6.42 Å². The minimum absolute atomic E-state index is 0.115. The molecule has 0 aliphatic heterocycles. The molecule has 54 valence electrons. The molecule has 0 saturated heterocycles. The summed E-state index contributed by atoms with van der Waals surface area (Å²) in [7, 11) is 0. The number of nitrogens with two attached hydrogens (primary N) is 1. The van der Waals surface area contributed by atoms with Crippen molar-refractivity contribution in [3.63, 3.8) is 0 Å². The predicted octanol–water partition coefficient (Wildman–Crippen LogP) is 0.810. The van der Waals surface area contributed by atoms with Gasteiger partial charge in [-0.1, -0.05) is 5.18 Å². The third-order valence-electron chi connectivity index (χ3n) is 1.27. The molecule has 4 nitrogen and oxygen atoms in total. The van der Waals surface area contributed by atoms with Crippen LogP contribution in [0, 0.1) is 4.91 Å². The van der Waals surface area contributed by atoms with E-state index in [-0.39, 0.29) is 12.2 Å². The van der Waals surface area contributed by atoms with Crippen LogP contribution in [0.2, 0.25) is 0 Å². The second-order valence-corrected chi connectivity index (χ2v) is 2.18. The van der Waals surface area contributed by atoms with Crippen molar-refractivity contribution in [2.24, 2.45) is 10.9 Å². The van der Waals surface area contributed by atoms with Gasteiger partial charge in [-0.2, -0.15) is 4.91 Å². The highest BCUT2D eigenvalue weighted by atomic mass is 16.3. The molecule has 4 heteroatoms. The maximum absolute atomic E-state index is 9.96. The van der Waals surface area contributed by atoms with Gasteiger partial charge in [0.05, 0.1) is 5.76 Å². The molecule has 0 saturated carbocycles. The van der Waals surface area contributed by atoms with Crippen LogP contribution in [-0.2, 0) is 0 Å². The van der Waals surface area contributed by atoms with E-state index in [1.807, 2.05) is 0 Å². The Hall–Kier alpha value is -1.32. The van der Waals surface area contributed by atoms with Crippen molar-refractivity contribution in [3.05, 3.63) is 28.5 Å². The molecular formula is C6H8N2O2. The van der Waals surface area contributed by atoms with Crippen molar-refractivity contribution < 1.29 is 5.11 Å². The minimum atomic E-state index is -0.495. The first-order valence-corrected chi connectivity index (χ1v) is 2.91. The van der Waals surface area contributed by atoms with E-state index in [9.17, 15) is 4.91 Å². The molecule has 1 aliphatic carbocycles. The molecule has 1 aliphatic rings. The quantitative estimate of drug-likeness (QED) is 0.529. The zero-order chi connectivity index (χ0) is 7.56. The Morgan fingerprint density at radius 1 is 1.80 bits per heavy atom. The summed E-state index contributed by atoms with van der Waals surface area (Å²) in [6.45, 7) is 0. The zero-order valence-electron chi connectivity index (χ0n) is 5.32. The fourth-order valence-electron chi connectivity index (χ4n) is 0.862. The van der Waals surface area contributed by atoms with E-state index in [2.05, 4.69) is 5.18 Å². The maximum atomic E-state index is 9.96. The van der Waals surface area contributed by atoms with Gasteiger partial charge in [-0.25, -0.2) is 0 Å². The Morgan fingerprint density at radius 2 is 2.50 bits per heavy atom. The molecule has 0 fully saturated rings. The summed E-state index contributed by atoms with van der Waals surface area (Å²) in [6.07, 6.45) is 3.21. The van der Waals surface area contributed by atoms with Crippen molar-refractivity contribution >= 4 is 0 Å². The maximum Gasteiger partial charge on any atom is 0.119 e. The highest BCUT2D eigenvalue weighted by Gasteiger charge is 2.12. The zero-order valence-corrected chi connectivity index (χ0v) is 5.32. The van der Waals surface area contributed by atoms with Crippen LogP contribution in [0.15, 0.2) is 28.8 Å². The number of hydrogen-bond donors (Lipinski definition) is 2. The van der Waals surface area contributed by atoms with Gasteiger partial charge in [-0.15, -0.1) is 0 Å². The molecule has 0 amide bonds. The monoisotopic (exact) mass is 140 g/mol. The van der Waals surface area contributed by atoms with Crippen LogP contribution in [0.3, 0.4) is 0 Å². The van der Waals surface area contributed by atoms with Crippen LogP contribution < -0.4 is 5.73 Å². The molecule has 0 radical (unpaired) electrons. The molecule has 0 spiro atoms. The number of nitrogens with zero attached hydrogens (tertiary/aromatic N) is 1. The molecule has 1 unspecified atom stereocenters. The summed E-state index contributed by atoms with van der Waals surface area (Å²) in [4.78, 5) is 9.96. The first-order chi connectivity index (χ1) is 4.72. The summed E-state index contributed by atoms with van der Waals surface area (Å²) in [5.41, 5.74) is 5.71. The van der Waals surface area contributed by atoms with Crippen molar-refractivity contribution in [3.8, 4) is 0 Å². The summed E-state index contributed by atoms with van der Waals surface area (Å²) in [5.74, 6) is 0.115. The van der Waals surface area contributed by atoms with Crippen molar-refractivity contribution in [1.82, 2.24) is 0 Å². The third-order valence-corrected chi connectivity index (χ3v) is 1.27. The lowest BCUT2D eigenvalue weighted by atomic mass is 10.1. The molecule has 0 aromatic rings. The number of nitroso groups, excluding NO2 is 1. The number of rotatable bonds is 1. The van der Waals surface area contributed by atoms with Gasteiger partial charge in [0.15, 0.2) is 0 Å². The fraction of sp³-hybridized carbons (Fsp3) is 0.333. The van der Waals surface area contributed by atoms with Crippen LogP contribution in [0.4, 0.5) is 0 Å². The molecule has 0 aromatic heterocycles. The summed E-state index contributed by atoms with van der Waals surface area (Å²) >= 11 is 0. The third kappa shape index (κ3) is 1.34. The number of hydrogen-bond acceptors (Lipinski definition) is 4. The van der Waals surface area contributed by atoms with Crippen LogP contribution in [0.25, 0.3) is 0 Å². The summed E-state index contributed by atoms with van der Waals surface area (Å²) < 4.78 is 0. The first kappa shape index (κ1) is 6.80. The predicted molar refractivity (Wildman–Crippen MR) is 37.2 cm³/mol. The molecule has 3 N–H and O–H groups in total. The highest BCUT2D eigenvalue weighted by Crippen LogP contribution is 2.14. The summed E-state index contributed by atoms with van der Waals surface area (Å²) in [6, 6.07) is -0.495. The number of aliphatic hydroxyl groups is 1. The Labute approximate surface area is 58.0 Å². The Bertz CT molecular complexity index is 208. The van der Waals surface area contributed by atoms with E-state index in [1.54, 1.807) is 0 Å². The molecule has 0 aromatic carbocycles. The Morgan fingerprint density at radius 3 is 3.00 bits per heavy atom. The van der Waals surface area contributed by atoms with Crippen LogP contribution in [-0.4, -0.2) is 11.1 Å². The second kappa shape index (κ2) is 2.51. The van der Waals surface area contributed by atoms with Gasteiger partial charge < -0.3 is 10.8 Å². The molecule has 1 atom stereocenters. The SMILES string of the molecule is NC1=CC(N=O)CC(O)=C1. The normalized spacial score (nSPS) is 25.0. The molecule has 1 rings (SSSR count). The fourth-order valence-corrected chi connectivity index (χ4v) is 0.862. The highest BCUT2D eigenvalue weighted by molar-refractivity contribution is 5.25. The van der Waals surface area contributed by atoms with Crippen LogP contribution >= 0.6 is 0 Å². The lowest BCUT2D eigenvalue weighted by Crippen LogP contribution is -2.10. The van der Waals surface area contributed by atoms with Gasteiger partial charge in [0.2, 0.25) is 0 Å². The number of aliphatic hydroxyl groups excluding tert-OH is 1. The van der Waals surface area contributed by atoms with Gasteiger partial charge in [-0.3, -0.25) is 0 Å². The van der Waals surface area contributed by atoms with Gasteiger partial charge in [0, 0.05) is 12.1 Å². The standard InChI is InChI=1S/C6H8N2O2/c7-4-1-5(8-10)3-6(9)2-4/h1-2,5,9H,3,7H2. The van der Waals surface area contributed by atoms with Gasteiger partial charge in [0.1, 0.15) is 6.04 Å². The lowest BCUT2D eigenvalue weighted by molar-refractivity contribution is 0.378. The summed E-state index contributed by atoms with van der Waals surface area (Å²) in [5, 5.41) is 11.7. The van der Waals surface area contributed by atoms with Gasteiger partial charge >= 0.3 is 0 Å². The number of allylic oxidation sites excluding steroid dienone is 1. The van der Waals surface area contributed by atoms with Crippen molar-refractivity contribution in [1.29, 1.82) is 0 Å². The Kier molecular flexibility index (Phi) is 1.71. The van der Waals surface area contributed by atoms with Crippen molar-refractivity contribution in [2.75, 3.05) is 0 Å².